The highest BCUT2D eigenvalue weighted by molar-refractivity contribution is 7.10. The van der Waals surface area contributed by atoms with Crippen molar-refractivity contribution in [3.05, 3.63) is 51.8 Å². The Labute approximate surface area is 129 Å². The number of para-hydroxylation sites is 1. The van der Waals surface area contributed by atoms with E-state index in [2.05, 4.69) is 59.6 Å². The van der Waals surface area contributed by atoms with Crippen LogP contribution in [0.25, 0.3) is 10.9 Å². The highest BCUT2D eigenvalue weighted by atomic mass is 32.1. The second-order valence-corrected chi connectivity index (χ2v) is 6.11. The van der Waals surface area contributed by atoms with Gasteiger partial charge in [0.2, 0.25) is 0 Å². The number of benzene rings is 1. The van der Waals surface area contributed by atoms with E-state index in [9.17, 15) is 0 Å². The van der Waals surface area contributed by atoms with E-state index < -0.39 is 0 Å². The lowest BCUT2D eigenvalue weighted by Gasteiger charge is -2.03. The molecule has 0 aliphatic heterocycles. The summed E-state index contributed by atoms with van der Waals surface area (Å²) in [5, 5.41) is 11.7. The van der Waals surface area contributed by atoms with Crippen LogP contribution in [0.4, 0.5) is 0 Å². The third kappa shape index (κ3) is 2.87. The largest absolute Gasteiger partial charge is 0.306 e. The van der Waals surface area contributed by atoms with E-state index in [4.69, 9.17) is 5.10 Å². The van der Waals surface area contributed by atoms with E-state index in [1.54, 1.807) is 0 Å². The Morgan fingerprint density at radius 3 is 2.81 bits per heavy atom. The molecule has 0 radical (unpaired) electrons. The van der Waals surface area contributed by atoms with E-state index in [1.165, 1.54) is 21.3 Å². The maximum atomic E-state index is 4.73. The zero-order chi connectivity index (χ0) is 14.7. The first-order chi connectivity index (χ1) is 10.3. The van der Waals surface area contributed by atoms with Gasteiger partial charge in [-0.1, -0.05) is 25.1 Å². The highest BCUT2D eigenvalue weighted by Crippen LogP contribution is 2.20. The van der Waals surface area contributed by atoms with E-state index in [0.717, 1.165) is 31.7 Å². The third-order valence-electron chi connectivity index (χ3n) is 3.83. The second kappa shape index (κ2) is 6.41. The Bertz CT molecular complexity index is 727. The van der Waals surface area contributed by atoms with Crippen molar-refractivity contribution in [2.75, 3.05) is 0 Å². The van der Waals surface area contributed by atoms with Gasteiger partial charge in [-0.05, 0) is 36.4 Å². The first kappa shape index (κ1) is 14.3. The van der Waals surface area contributed by atoms with E-state index in [0.29, 0.717) is 0 Å². The molecule has 4 heteroatoms. The molecule has 2 aromatic heterocycles. The monoisotopic (exact) mass is 299 g/mol. The van der Waals surface area contributed by atoms with Crippen LogP contribution < -0.4 is 5.32 Å². The lowest BCUT2D eigenvalue weighted by molar-refractivity contribution is 0.633. The maximum Gasteiger partial charge on any atom is 0.0841 e. The number of hydrogen-bond donors (Lipinski definition) is 1. The first-order valence-corrected chi connectivity index (χ1v) is 8.41. The summed E-state index contributed by atoms with van der Waals surface area (Å²) in [6.07, 6.45) is 1.11. The van der Waals surface area contributed by atoms with Crippen LogP contribution in [0.3, 0.4) is 0 Å². The van der Waals surface area contributed by atoms with Gasteiger partial charge in [0.25, 0.3) is 0 Å². The van der Waals surface area contributed by atoms with Gasteiger partial charge in [0.15, 0.2) is 0 Å². The Kier molecular flexibility index (Phi) is 4.36. The van der Waals surface area contributed by atoms with E-state index >= 15 is 0 Å². The molecule has 110 valence electrons. The standard InChI is InChI=1S/C17H21N3S/c1-3-13-9-10-21-17(13)12-18-11-15-14-7-5-6-8-16(14)20(4-2)19-15/h5-10,18H,3-4,11-12H2,1-2H3. The molecule has 21 heavy (non-hydrogen) atoms. The van der Waals surface area contributed by atoms with Crippen molar-refractivity contribution in [2.24, 2.45) is 0 Å². The molecule has 0 aliphatic carbocycles. The summed E-state index contributed by atoms with van der Waals surface area (Å²) < 4.78 is 2.08. The van der Waals surface area contributed by atoms with Crippen molar-refractivity contribution in [2.45, 2.75) is 39.9 Å². The normalized spacial score (nSPS) is 11.3. The zero-order valence-electron chi connectivity index (χ0n) is 12.6. The third-order valence-corrected chi connectivity index (χ3v) is 4.79. The molecule has 0 saturated heterocycles. The molecule has 3 aromatic rings. The van der Waals surface area contributed by atoms with Crippen LogP contribution in [-0.2, 0) is 26.1 Å². The topological polar surface area (TPSA) is 29.9 Å². The van der Waals surface area contributed by atoms with E-state index in [1.807, 2.05) is 11.3 Å². The number of thiophene rings is 1. The maximum absolute atomic E-state index is 4.73. The molecular weight excluding hydrogens is 278 g/mol. The molecule has 0 bridgehead atoms. The average Bonchev–Trinajstić information content (AvgIpc) is 3.12. The number of aryl methyl sites for hydroxylation is 2. The second-order valence-electron chi connectivity index (χ2n) is 5.11. The highest BCUT2D eigenvalue weighted by Gasteiger charge is 2.09. The van der Waals surface area contributed by atoms with Gasteiger partial charge in [0, 0.05) is 29.9 Å². The summed E-state index contributed by atoms with van der Waals surface area (Å²) in [5.74, 6) is 0. The molecule has 0 atom stereocenters. The molecule has 0 saturated carbocycles. The molecule has 0 fully saturated rings. The Balaban J connectivity index is 1.74. The quantitative estimate of drug-likeness (QED) is 0.746. The van der Waals surface area contributed by atoms with Crippen molar-refractivity contribution in [3.8, 4) is 0 Å². The van der Waals surface area contributed by atoms with Crippen molar-refractivity contribution >= 4 is 22.2 Å². The molecule has 0 aliphatic rings. The SMILES string of the molecule is CCc1ccsc1CNCc1nn(CC)c2ccccc12. The molecule has 0 unspecified atom stereocenters. The van der Waals surface area contributed by atoms with Crippen LogP contribution in [0.1, 0.15) is 30.0 Å². The van der Waals surface area contributed by atoms with Crippen LogP contribution in [0.2, 0.25) is 0 Å². The average molecular weight is 299 g/mol. The first-order valence-electron chi connectivity index (χ1n) is 7.53. The smallest absolute Gasteiger partial charge is 0.0841 e. The summed E-state index contributed by atoms with van der Waals surface area (Å²) in [6.45, 7) is 6.99. The predicted octanol–water partition coefficient (Wildman–Crippen LogP) is 3.97. The van der Waals surface area contributed by atoms with Gasteiger partial charge in [-0.25, -0.2) is 0 Å². The number of hydrogen-bond acceptors (Lipinski definition) is 3. The fraction of sp³-hybridized carbons (Fsp3) is 0.353. The molecular formula is C17H21N3S. The number of nitrogens with zero attached hydrogens (tertiary/aromatic N) is 2. The zero-order valence-corrected chi connectivity index (χ0v) is 13.4. The van der Waals surface area contributed by atoms with Crippen molar-refractivity contribution in [3.63, 3.8) is 0 Å². The van der Waals surface area contributed by atoms with Gasteiger partial charge >= 0.3 is 0 Å². The lowest BCUT2D eigenvalue weighted by Crippen LogP contribution is -2.13. The Hall–Kier alpha value is -1.65. The minimum atomic E-state index is 0.814. The number of rotatable bonds is 6. The van der Waals surface area contributed by atoms with Crippen LogP contribution in [0, 0.1) is 0 Å². The van der Waals surface area contributed by atoms with Crippen LogP contribution in [0.15, 0.2) is 35.7 Å². The molecule has 0 amide bonds. The minimum absolute atomic E-state index is 0.814. The van der Waals surface area contributed by atoms with Crippen LogP contribution in [-0.4, -0.2) is 9.78 Å². The van der Waals surface area contributed by atoms with Crippen LogP contribution >= 0.6 is 11.3 Å². The van der Waals surface area contributed by atoms with Gasteiger partial charge in [-0.2, -0.15) is 5.10 Å². The van der Waals surface area contributed by atoms with Gasteiger partial charge in [-0.3, -0.25) is 4.68 Å². The molecule has 2 heterocycles. The fourth-order valence-electron chi connectivity index (χ4n) is 2.70. The molecule has 1 aromatic carbocycles. The summed E-state index contributed by atoms with van der Waals surface area (Å²) in [6, 6.07) is 10.7. The Morgan fingerprint density at radius 2 is 2.00 bits per heavy atom. The van der Waals surface area contributed by atoms with Gasteiger partial charge < -0.3 is 5.32 Å². The van der Waals surface area contributed by atoms with Gasteiger partial charge in [0.1, 0.15) is 0 Å². The molecule has 1 N–H and O–H groups in total. The number of nitrogens with one attached hydrogen (secondary N) is 1. The molecule has 3 rings (SSSR count). The van der Waals surface area contributed by atoms with Gasteiger partial charge in [0.05, 0.1) is 11.2 Å². The van der Waals surface area contributed by atoms with Crippen molar-refractivity contribution in [1.29, 1.82) is 0 Å². The van der Waals surface area contributed by atoms with Crippen molar-refractivity contribution < 1.29 is 0 Å². The fourth-order valence-corrected chi connectivity index (χ4v) is 3.65. The number of fused-ring (bicyclic) bond motifs is 1. The predicted molar refractivity (Wildman–Crippen MR) is 89.6 cm³/mol. The molecule has 0 spiro atoms. The Morgan fingerprint density at radius 1 is 1.14 bits per heavy atom. The lowest BCUT2D eigenvalue weighted by atomic mass is 10.2. The molecule has 3 nitrogen and oxygen atoms in total. The van der Waals surface area contributed by atoms with Crippen LogP contribution in [0.5, 0.6) is 0 Å². The summed E-state index contributed by atoms with van der Waals surface area (Å²) in [7, 11) is 0. The summed E-state index contributed by atoms with van der Waals surface area (Å²) in [4.78, 5) is 1.44. The van der Waals surface area contributed by atoms with E-state index in [-0.39, 0.29) is 0 Å². The number of aromatic nitrogens is 2. The summed E-state index contributed by atoms with van der Waals surface area (Å²) >= 11 is 1.83. The van der Waals surface area contributed by atoms with Gasteiger partial charge in [-0.15, -0.1) is 11.3 Å². The minimum Gasteiger partial charge on any atom is -0.306 e. The van der Waals surface area contributed by atoms with Crippen molar-refractivity contribution in [1.82, 2.24) is 15.1 Å². The summed E-state index contributed by atoms with van der Waals surface area (Å²) in [5.41, 5.74) is 3.82.